The molecule has 6 heteroatoms. The van der Waals surface area contributed by atoms with E-state index in [4.69, 9.17) is 4.74 Å². The van der Waals surface area contributed by atoms with Crippen LogP contribution in [0.25, 0.3) is 0 Å². The van der Waals surface area contributed by atoms with Crippen molar-refractivity contribution >= 4 is 12.0 Å². The Hall–Kier alpha value is -2.08. The predicted octanol–water partition coefficient (Wildman–Crippen LogP) is 2.73. The Morgan fingerprint density at radius 2 is 1.85 bits per heavy atom. The average molecular weight is 373 g/mol. The maximum absolute atomic E-state index is 13.3. The van der Waals surface area contributed by atoms with Gasteiger partial charge in [-0.15, -0.1) is 0 Å². The maximum atomic E-state index is 13.3. The topological polar surface area (TPSA) is 53.1 Å². The van der Waals surface area contributed by atoms with Crippen molar-refractivity contribution in [1.82, 2.24) is 14.7 Å². The molecule has 2 fully saturated rings. The van der Waals surface area contributed by atoms with Gasteiger partial charge in [0.2, 0.25) is 5.91 Å². The molecule has 2 aliphatic rings. The third-order valence-electron chi connectivity index (χ3n) is 6.08. The van der Waals surface area contributed by atoms with Crippen LogP contribution in [0.2, 0.25) is 0 Å². The van der Waals surface area contributed by atoms with Crippen LogP contribution in [0.15, 0.2) is 30.3 Å². The summed E-state index contributed by atoms with van der Waals surface area (Å²) in [5.41, 5.74) is 0.132. The molecule has 1 unspecified atom stereocenters. The minimum Gasteiger partial charge on any atom is -0.445 e. The summed E-state index contributed by atoms with van der Waals surface area (Å²) in [4.78, 5) is 31.8. The van der Waals surface area contributed by atoms with Gasteiger partial charge in [0.25, 0.3) is 0 Å². The van der Waals surface area contributed by atoms with E-state index in [1.54, 1.807) is 4.90 Å². The fourth-order valence-electron chi connectivity index (χ4n) is 4.20. The lowest BCUT2D eigenvalue weighted by atomic mass is 9.94. The Balaban J connectivity index is 1.63. The van der Waals surface area contributed by atoms with Gasteiger partial charge >= 0.3 is 6.09 Å². The average Bonchev–Trinajstić information content (AvgIpc) is 3.09. The number of ether oxygens (including phenoxy) is 1. The van der Waals surface area contributed by atoms with Crippen molar-refractivity contribution in [2.45, 2.75) is 50.8 Å². The number of amides is 2. The summed E-state index contributed by atoms with van der Waals surface area (Å²) in [6, 6.07) is 9.87. The third-order valence-corrected chi connectivity index (χ3v) is 6.08. The van der Waals surface area contributed by atoms with Crippen molar-refractivity contribution in [1.29, 1.82) is 0 Å². The lowest BCUT2D eigenvalue weighted by molar-refractivity contribution is -0.143. The zero-order chi connectivity index (χ0) is 19.4. The van der Waals surface area contributed by atoms with Gasteiger partial charge in [-0.05, 0) is 58.3 Å². The maximum Gasteiger partial charge on any atom is 0.410 e. The Labute approximate surface area is 162 Å². The number of carbonyl (C=O) groups is 2. The Morgan fingerprint density at radius 1 is 1.19 bits per heavy atom. The fraction of sp³-hybridized carbons (Fsp3) is 0.619. The van der Waals surface area contributed by atoms with Crippen molar-refractivity contribution in [3.05, 3.63) is 35.9 Å². The van der Waals surface area contributed by atoms with Crippen molar-refractivity contribution < 1.29 is 14.3 Å². The highest BCUT2D eigenvalue weighted by atomic mass is 16.6. The molecule has 6 nitrogen and oxygen atoms in total. The molecule has 0 N–H and O–H groups in total. The second-order valence-electron chi connectivity index (χ2n) is 8.02. The van der Waals surface area contributed by atoms with Crippen LogP contribution in [0.1, 0.15) is 38.2 Å². The number of benzene rings is 1. The fourth-order valence-corrected chi connectivity index (χ4v) is 4.20. The predicted molar refractivity (Wildman–Crippen MR) is 104 cm³/mol. The second kappa shape index (κ2) is 8.30. The smallest absolute Gasteiger partial charge is 0.410 e. The van der Waals surface area contributed by atoms with Crippen LogP contribution in [0.5, 0.6) is 0 Å². The highest BCUT2D eigenvalue weighted by Crippen LogP contribution is 2.33. The van der Waals surface area contributed by atoms with Gasteiger partial charge in [0.1, 0.15) is 12.1 Å². The van der Waals surface area contributed by atoms with E-state index in [0.717, 1.165) is 37.9 Å². The van der Waals surface area contributed by atoms with Gasteiger partial charge in [-0.2, -0.15) is 0 Å². The van der Waals surface area contributed by atoms with Crippen molar-refractivity contribution in [2.75, 3.05) is 33.7 Å². The van der Waals surface area contributed by atoms with Crippen LogP contribution >= 0.6 is 0 Å². The monoisotopic (exact) mass is 373 g/mol. The molecule has 148 valence electrons. The molecule has 2 heterocycles. The van der Waals surface area contributed by atoms with E-state index in [2.05, 4.69) is 11.9 Å². The standard InChI is InChI=1S/C21H31N3O3/c1-21(19(25)23(3)18-10-14-22(2)15-11-18)12-7-13-24(21)20(26)27-16-17-8-5-4-6-9-17/h4-6,8-9,18H,7,10-16H2,1-3H3. The van der Waals surface area contributed by atoms with Gasteiger partial charge < -0.3 is 14.5 Å². The number of nitrogens with zero attached hydrogens (tertiary/aromatic N) is 3. The first-order valence-electron chi connectivity index (χ1n) is 9.86. The van der Waals surface area contributed by atoms with Crippen molar-refractivity contribution in [3.63, 3.8) is 0 Å². The molecule has 2 amide bonds. The van der Waals surface area contributed by atoms with Crippen LogP contribution in [-0.2, 0) is 16.1 Å². The van der Waals surface area contributed by atoms with E-state index in [-0.39, 0.29) is 18.6 Å². The molecule has 1 aromatic rings. The summed E-state index contributed by atoms with van der Waals surface area (Å²) in [5.74, 6) is 0.0335. The first-order chi connectivity index (χ1) is 12.9. The Morgan fingerprint density at radius 3 is 2.52 bits per heavy atom. The van der Waals surface area contributed by atoms with Crippen LogP contribution in [0.4, 0.5) is 4.79 Å². The van der Waals surface area contributed by atoms with Crippen LogP contribution < -0.4 is 0 Å². The summed E-state index contributed by atoms with van der Waals surface area (Å²) >= 11 is 0. The molecular formula is C21H31N3O3. The minimum absolute atomic E-state index is 0.0335. The second-order valence-corrected chi connectivity index (χ2v) is 8.02. The summed E-state index contributed by atoms with van der Waals surface area (Å²) in [5, 5.41) is 0. The minimum atomic E-state index is -0.814. The Kier molecular flexibility index (Phi) is 6.05. The molecule has 0 spiro atoms. The van der Waals surface area contributed by atoms with E-state index in [9.17, 15) is 9.59 Å². The number of likely N-dealkylation sites (tertiary alicyclic amines) is 2. The number of piperidine rings is 1. The van der Waals surface area contributed by atoms with E-state index < -0.39 is 11.6 Å². The van der Waals surface area contributed by atoms with E-state index in [0.29, 0.717) is 13.0 Å². The summed E-state index contributed by atoms with van der Waals surface area (Å²) in [7, 11) is 4.00. The summed E-state index contributed by atoms with van der Waals surface area (Å²) in [6.45, 7) is 4.68. The van der Waals surface area contributed by atoms with Gasteiger partial charge in [-0.1, -0.05) is 30.3 Å². The van der Waals surface area contributed by atoms with Crippen LogP contribution in [0.3, 0.4) is 0 Å². The van der Waals surface area contributed by atoms with Gasteiger partial charge in [0.15, 0.2) is 0 Å². The molecule has 1 aromatic carbocycles. The van der Waals surface area contributed by atoms with Gasteiger partial charge in [0.05, 0.1) is 0 Å². The molecule has 1 atom stereocenters. The van der Waals surface area contributed by atoms with Crippen LogP contribution in [0, 0.1) is 0 Å². The van der Waals surface area contributed by atoms with Gasteiger partial charge in [0, 0.05) is 19.6 Å². The number of hydrogen-bond donors (Lipinski definition) is 0. The highest BCUT2D eigenvalue weighted by Gasteiger charge is 2.48. The first-order valence-corrected chi connectivity index (χ1v) is 9.86. The summed E-state index contributed by atoms with van der Waals surface area (Å²) < 4.78 is 5.51. The third kappa shape index (κ3) is 4.26. The lowest BCUT2D eigenvalue weighted by Crippen LogP contribution is -2.58. The zero-order valence-electron chi connectivity index (χ0n) is 16.7. The SMILES string of the molecule is CN1CCC(N(C)C(=O)C2(C)CCCN2C(=O)OCc2ccccc2)CC1. The van der Waals surface area contributed by atoms with Crippen molar-refractivity contribution in [3.8, 4) is 0 Å². The van der Waals surface area contributed by atoms with Crippen LogP contribution in [-0.4, -0.2) is 72.0 Å². The number of carbonyl (C=O) groups excluding carboxylic acids is 2. The molecule has 0 radical (unpaired) electrons. The van der Waals surface area contributed by atoms with E-state index in [1.807, 2.05) is 49.2 Å². The normalized spacial score (nSPS) is 24.0. The largest absolute Gasteiger partial charge is 0.445 e. The molecule has 2 aliphatic heterocycles. The summed E-state index contributed by atoms with van der Waals surface area (Å²) in [6.07, 6.45) is 3.07. The number of hydrogen-bond acceptors (Lipinski definition) is 4. The van der Waals surface area contributed by atoms with Gasteiger partial charge in [-0.3, -0.25) is 9.69 Å². The molecule has 0 bridgehead atoms. The highest BCUT2D eigenvalue weighted by molar-refractivity contribution is 5.90. The molecule has 0 saturated carbocycles. The van der Waals surface area contributed by atoms with E-state index in [1.165, 1.54) is 0 Å². The van der Waals surface area contributed by atoms with Crippen molar-refractivity contribution in [2.24, 2.45) is 0 Å². The van der Waals surface area contributed by atoms with Gasteiger partial charge in [-0.25, -0.2) is 4.79 Å². The van der Waals surface area contributed by atoms with E-state index >= 15 is 0 Å². The molecule has 0 aliphatic carbocycles. The molecule has 2 saturated heterocycles. The zero-order valence-corrected chi connectivity index (χ0v) is 16.7. The quantitative estimate of drug-likeness (QED) is 0.814. The number of likely N-dealkylation sites (N-methyl/N-ethyl adjacent to an activating group) is 1. The first kappa shape index (κ1) is 19.7. The Bertz CT molecular complexity index is 658. The number of rotatable bonds is 4. The molecular weight excluding hydrogens is 342 g/mol. The molecule has 3 rings (SSSR count). The molecule has 27 heavy (non-hydrogen) atoms. The molecule has 0 aromatic heterocycles. The lowest BCUT2D eigenvalue weighted by Gasteiger charge is -2.41.